The zero-order chi connectivity index (χ0) is 24.4. The van der Waals surface area contributed by atoms with E-state index in [2.05, 4.69) is 55.5 Å². The Balaban J connectivity index is 1.40. The largest absolute Gasteiger partial charge is 0.497 e. The van der Waals surface area contributed by atoms with Crippen LogP contribution in [0.1, 0.15) is 56.1 Å². The van der Waals surface area contributed by atoms with Crippen LogP contribution in [-0.4, -0.2) is 12.9 Å². The van der Waals surface area contributed by atoms with Crippen molar-refractivity contribution in [3.05, 3.63) is 77.9 Å². The van der Waals surface area contributed by atoms with E-state index in [0.29, 0.717) is 23.5 Å². The lowest BCUT2D eigenvalue weighted by Gasteiger charge is -2.48. The summed E-state index contributed by atoms with van der Waals surface area (Å²) in [4.78, 5) is 12.8. The summed E-state index contributed by atoms with van der Waals surface area (Å²) in [5.41, 5.74) is 7.19. The van der Waals surface area contributed by atoms with Gasteiger partial charge in [0.25, 0.3) is 0 Å². The van der Waals surface area contributed by atoms with Crippen LogP contribution in [0.5, 0.6) is 5.75 Å². The number of rotatable bonds is 3. The highest BCUT2D eigenvalue weighted by Crippen LogP contribution is 2.60. The summed E-state index contributed by atoms with van der Waals surface area (Å²) in [5, 5.41) is 1.19. The SMILES string of the molecule is COc1ccc(-c2c(-c3ccccc3)oc3cc4c(cc23)C2CCC3(C)C(=O)CCC3C2CC4)cc1. The van der Waals surface area contributed by atoms with Gasteiger partial charge in [-0.25, -0.2) is 0 Å². The lowest BCUT2D eigenvalue weighted by Crippen LogP contribution is -2.42. The second-order valence-electron chi connectivity index (χ2n) is 11.3. The highest BCUT2D eigenvalue weighted by molar-refractivity contribution is 6.02. The van der Waals surface area contributed by atoms with Crippen molar-refractivity contribution in [3.63, 3.8) is 0 Å². The van der Waals surface area contributed by atoms with Crippen LogP contribution in [0.4, 0.5) is 0 Å². The summed E-state index contributed by atoms with van der Waals surface area (Å²) in [5.74, 6) is 3.98. The molecule has 3 heteroatoms. The third kappa shape index (κ3) is 3.14. The highest BCUT2D eigenvalue weighted by atomic mass is 16.5. The van der Waals surface area contributed by atoms with Crippen molar-refractivity contribution in [1.29, 1.82) is 0 Å². The van der Waals surface area contributed by atoms with Crippen molar-refractivity contribution in [3.8, 4) is 28.2 Å². The van der Waals surface area contributed by atoms with E-state index >= 15 is 0 Å². The molecule has 7 rings (SSSR count). The number of hydrogen-bond donors (Lipinski definition) is 0. The van der Waals surface area contributed by atoms with Gasteiger partial charge in [0.15, 0.2) is 0 Å². The molecule has 0 N–H and O–H groups in total. The Labute approximate surface area is 212 Å². The fraction of sp³-hybridized carbons (Fsp3) is 0.364. The van der Waals surface area contributed by atoms with Gasteiger partial charge in [0.2, 0.25) is 0 Å². The van der Waals surface area contributed by atoms with Gasteiger partial charge >= 0.3 is 0 Å². The molecule has 3 aliphatic rings. The average molecular weight is 477 g/mol. The van der Waals surface area contributed by atoms with Crippen LogP contribution in [0, 0.1) is 17.3 Å². The predicted molar refractivity (Wildman–Crippen MR) is 143 cm³/mol. The number of hydrogen-bond acceptors (Lipinski definition) is 3. The van der Waals surface area contributed by atoms with E-state index in [1.165, 1.54) is 22.9 Å². The first-order valence-corrected chi connectivity index (χ1v) is 13.4. The zero-order valence-corrected chi connectivity index (χ0v) is 21.1. The molecule has 3 nitrogen and oxygen atoms in total. The minimum atomic E-state index is -0.0901. The molecule has 4 atom stereocenters. The van der Waals surface area contributed by atoms with E-state index in [1.54, 1.807) is 7.11 Å². The molecule has 0 spiro atoms. The van der Waals surface area contributed by atoms with E-state index in [-0.39, 0.29) is 5.41 Å². The number of furan rings is 1. The van der Waals surface area contributed by atoms with Gasteiger partial charge in [-0.3, -0.25) is 4.79 Å². The number of ketones is 1. The molecule has 0 amide bonds. The number of ether oxygens (including phenoxy) is 1. The van der Waals surface area contributed by atoms with Gasteiger partial charge in [0.05, 0.1) is 7.11 Å². The number of benzene rings is 3. The highest BCUT2D eigenvalue weighted by Gasteiger charge is 2.54. The first-order valence-electron chi connectivity index (χ1n) is 13.4. The van der Waals surface area contributed by atoms with Gasteiger partial charge in [-0.15, -0.1) is 0 Å². The first kappa shape index (κ1) is 21.9. The van der Waals surface area contributed by atoms with Crippen molar-refractivity contribution in [2.24, 2.45) is 17.3 Å². The summed E-state index contributed by atoms with van der Waals surface area (Å²) < 4.78 is 12.0. The topological polar surface area (TPSA) is 39.4 Å². The Bertz CT molecular complexity index is 1460. The van der Waals surface area contributed by atoms with Crippen LogP contribution in [0.3, 0.4) is 0 Å². The lowest BCUT2D eigenvalue weighted by molar-refractivity contribution is -0.129. The average Bonchev–Trinajstić information content (AvgIpc) is 3.44. The van der Waals surface area contributed by atoms with Gasteiger partial charge in [0, 0.05) is 28.3 Å². The molecule has 0 radical (unpaired) electrons. The number of Topliss-reactive ketones (excluding diaryl/α,β-unsaturated/α-hetero) is 1. The molecule has 3 aliphatic carbocycles. The van der Waals surface area contributed by atoms with Crippen molar-refractivity contribution in [2.45, 2.75) is 51.4 Å². The standard InChI is InChI=1S/C33H32O3/c1-33-17-16-24-25(28(33)14-15-30(33)34)13-10-22-18-29-27(19-26(22)24)31(20-8-11-23(35-2)12-9-20)32(36-29)21-6-4-3-5-7-21/h3-9,11-12,18-19,24-25,28H,10,13-17H2,1-2H3. The minimum Gasteiger partial charge on any atom is -0.497 e. The Morgan fingerprint density at radius 3 is 2.50 bits per heavy atom. The summed E-state index contributed by atoms with van der Waals surface area (Å²) in [6, 6.07) is 23.5. The molecular formula is C33H32O3. The molecule has 1 aromatic heterocycles. The fourth-order valence-electron chi connectivity index (χ4n) is 7.77. The van der Waals surface area contributed by atoms with Gasteiger partial charge in [-0.05, 0) is 90.8 Å². The summed E-state index contributed by atoms with van der Waals surface area (Å²) >= 11 is 0. The van der Waals surface area contributed by atoms with Crippen molar-refractivity contribution in [2.75, 3.05) is 7.11 Å². The molecule has 182 valence electrons. The minimum absolute atomic E-state index is 0.0901. The molecule has 0 aliphatic heterocycles. The zero-order valence-electron chi connectivity index (χ0n) is 21.1. The maximum absolute atomic E-state index is 12.8. The van der Waals surface area contributed by atoms with E-state index in [1.807, 2.05) is 18.2 Å². The molecule has 4 aromatic rings. The van der Waals surface area contributed by atoms with Crippen LogP contribution in [0.2, 0.25) is 0 Å². The van der Waals surface area contributed by atoms with E-state index in [0.717, 1.165) is 65.9 Å². The maximum Gasteiger partial charge on any atom is 0.143 e. The van der Waals surface area contributed by atoms with Crippen LogP contribution in [0.15, 0.2) is 71.1 Å². The monoisotopic (exact) mass is 476 g/mol. The lowest BCUT2D eigenvalue weighted by atomic mass is 9.55. The Morgan fingerprint density at radius 2 is 1.72 bits per heavy atom. The number of methoxy groups -OCH3 is 1. The van der Waals surface area contributed by atoms with Crippen LogP contribution >= 0.6 is 0 Å². The summed E-state index contributed by atoms with van der Waals surface area (Å²) in [7, 11) is 1.70. The second kappa shape index (κ2) is 8.09. The number of fused-ring (bicyclic) bond motifs is 6. The van der Waals surface area contributed by atoms with E-state index in [9.17, 15) is 4.79 Å². The van der Waals surface area contributed by atoms with Crippen molar-refractivity contribution < 1.29 is 13.9 Å². The number of carbonyl (C=O) groups is 1. The Kier molecular flexibility index (Phi) is 4.93. The second-order valence-corrected chi connectivity index (χ2v) is 11.3. The van der Waals surface area contributed by atoms with Crippen LogP contribution in [-0.2, 0) is 11.2 Å². The summed E-state index contributed by atoms with van der Waals surface area (Å²) in [6.45, 7) is 2.26. The molecule has 36 heavy (non-hydrogen) atoms. The molecule has 3 aromatic carbocycles. The molecule has 4 unspecified atom stereocenters. The molecule has 0 saturated heterocycles. The molecule has 2 saturated carbocycles. The maximum atomic E-state index is 12.8. The van der Waals surface area contributed by atoms with Gasteiger partial charge in [-0.2, -0.15) is 0 Å². The normalized spacial score (nSPS) is 26.9. The van der Waals surface area contributed by atoms with Gasteiger partial charge in [0.1, 0.15) is 22.9 Å². The molecule has 2 fully saturated rings. The smallest absolute Gasteiger partial charge is 0.143 e. The molecular weight excluding hydrogens is 444 g/mol. The van der Waals surface area contributed by atoms with E-state index in [4.69, 9.17) is 9.15 Å². The fourth-order valence-corrected chi connectivity index (χ4v) is 7.77. The van der Waals surface area contributed by atoms with Crippen LogP contribution in [0.25, 0.3) is 33.4 Å². The quantitative estimate of drug-likeness (QED) is 0.299. The first-order chi connectivity index (χ1) is 17.6. The van der Waals surface area contributed by atoms with Crippen molar-refractivity contribution in [1.82, 2.24) is 0 Å². The Morgan fingerprint density at radius 1 is 0.917 bits per heavy atom. The number of aryl methyl sites for hydroxylation is 1. The molecule has 1 heterocycles. The predicted octanol–water partition coefficient (Wildman–Crippen LogP) is 8.20. The molecule has 0 bridgehead atoms. The number of carbonyl (C=O) groups excluding carboxylic acids is 1. The summed E-state index contributed by atoms with van der Waals surface area (Å²) in [6.07, 6.45) is 6.26. The van der Waals surface area contributed by atoms with Crippen LogP contribution < -0.4 is 4.74 Å². The third-order valence-corrected chi connectivity index (χ3v) is 9.66. The van der Waals surface area contributed by atoms with Crippen molar-refractivity contribution >= 4 is 16.8 Å². The Hall–Kier alpha value is -3.33. The van der Waals surface area contributed by atoms with E-state index < -0.39 is 0 Å². The van der Waals surface area contributed by atoms with Gasteiger partial charge < -0.3 is 9.15 Å². The van der Waals surface area contributed by atoms with Gasteiger partial charge in [-0.1, -0.05) is 49.4 Å². The third-order valence-electron chi connectivity index (χ3n) is 9.66.